The van der Waals surface area contributed by atoms with E-state index in [1.807, 2.05) is 25.1 Å². The molecule has 0 radical (unpaired) electrons. The van der Waals surface area contributed by atoms with Crippen molar-refractivity contribution in [2.24, 2.45) is 0 Å². The second-order valence-electron chi connectivity index (χ2n) is 3.22. The predicted octanol–water partition coefficient (Wildman–Crippen LogP) is 1.37. The Hall–Kier alpha value is -1.03. The Morgan fingerprint density at radius 3 is 2.86 bits per heavy atom. The van der Waals surface area contributed by atoms with E-state index in [1.54, 1.807) is 6.26 Å². The van der Waals surface area contributed by atoms with Crippen LogP contribution in [0, 0.1) is 6.92 Å². The van der Waals surface area contributed by atoms with Gasteiger partial charge in [0.2, 0.25) is 0 Å². The van der Waals surface area contributed by atoms with Crippen LogP contribution in [-0.4, -0.2) is 22.8 Å². The van der Waals surface area contributed by atoms with Crippen molar-refractivity contribution < 1.29 is 4.21 Å². The lowest BCUT2D eigenvalue weighted by Gasteiger charge is -2.10. The molecule has 14 heavy (non-hydrogen) atoms. The van der Waals surface area contributed by atoms with Gasteiger partial charge in [-0.05, 0) is 24.6 Å². The fourth-order valence-corrected chi connectivity index (χ4v) is 1.56. The van der Waals surface area contributed by atoms with Crippen LogP contribution in [0.1, 0.15) is 5.56 Å². The highest BCUT2D eigenvalue weighted by Crippen LogP contribution is 2.19. The topological polar surface area (TPSA) is 55.1 Å². The molecule has 78 valence electrons. The molecule has 0 saturated carbocycles. The molecule has 0 fully saturated rings. The minimum atomic E-state index is -0.745. The predicted molar refractivity (Wildman–Crippen MR) is 63.0 cm³/mol. The minimum absolute atomic E-state index is 0.661. The van der Waals surface area contributed by atoms with E-state index in [4.69, 9.17) is 5.73 Å². The molecule has 0 heterocycles. The van der Waals surface area contributed by atoms with E-state index in [9.17, 15) is 4.21 Å². The largest absolute Gasteiger partial charge is 0.398 e. The maximum Gasteiger partial charge on any atom is 0.0405 e. The van der Waals surface area contributed by atoms with Crippen molar-refractivity contribution in [3.63, 3.8) is 0 Å². The normalized spacial score (nSPS) is 12.4. The van der Waals surface area contributed by atoms with E-state index in [1.165, 1.54) is 0 Å². The smallest absolute Gasteiger partial charge is 0.0405 e. The number of nitrogens with one attached hydrogen (secondary N) is 1. The summed E-state index contributed by atoms with van der Waals surface area (Å²) < 4.78 is 10.8. The van der Waals surface area contributed by atoms with Gasteiger partial charge in [0.05, 0.1) is 0 Å². The van der Waals surface area contributed by atoms with Gasteiger partial charge in [-0.15, -0.1) is 0 Å². The molecule has 0 aliphatic heterocycles. The Labute approximate surface area is 87.2 Å². The molecule has 0 aromatic heterocycles. The number of benzene rings is 1. The van der Waals surface area contributed by atoms with Gasteiger partial charge in [-0.2, -0.15) is 0 Å². The average Bonchev–Trinajstić information content (AvgIpc) is 2.12. The van der Waals surface area contributed by atoms with Crippen LogP contribution in [0.3, 0.4) is 0 Å². The standard InChI is InChI=1S/C10H16N2OS/c1-8-9(11)4-3-5-10(8)12-6-7-14(2)13/h3-5,12H,6-7,11H2,1-2H3. The maximum atomic E-state index is 10.8. The summed E-state index contributed by atoms with van der Waals surface area (Å²) >= 11 is 0. The average molecular weight is 212 g/mol. The molecule has 0 aliphatic rings. The van der Waals surface area contributed by atoms with Gasteiger partial charge in [-0.3, -0.25) is 4.21 Å². The molecule has 0 saturated heterocycles. The Bertz CT molecular complexity index is 339. The first kappa shape index (κ1) is 11.0. The van der Waals surface area contributed by atoms with Crippen LogP contribution in [0.15, 0.2) is 18.2 Å². The monoisotopic (exact) mass is 212 g/mol. The molecule has 3 nitrogen and oxygen atoms in total. The number of hydrogen-bond acceptors (Lipinski definition) is 3. The van der Waals surface area contributed by atoms with Crippen molar-refractivity contribution in [2.45, 2.75) is 6.92 Å². The fraction of sp³-hybridized carbons (Fsp3) is 0.400. The maximum absolute atomic E-state index is 10.8. The first-order valence-corrected chi connectivity index (χ1v) is 6.23. The van der Waals surface area contributed by atoms with Crippen LogP contribution >= 0.6 is 0 Å². The molecule has 0 amide bonds. The SMILES string of the molecule is Cc1c(N)cccc1NCCS(C)=O. The number of anilines is 2. The van der Waals surface area contributed by atoms with E-state index in [-0.39, 0.29) is 0 Å². The lowest BCUT2D eigenvalue weighted by Crippen LogP contribution is -2.10. The van der Waals surface area contributed by atoms with Crippen LogP contribution in [0.4, 0.5) is 11.4 Å². The second kappa shape index (κ2) is 5.00. The van der Waals surface area contributed by atoms with Crippen molar-refractivity contribution in [2.75, 3.05) is 29.6 Å². The lowest BCUT2D eigenvalue weighted by molar-refractivity contribution is 0.687. The number of hydrogen-bond donors (Lipinski definition) is 2. The number of nitrogen functional groups attached to an aromatic ring is 1. The molecular weight excluding hydrogens is 196 g/mol. The van der Waals surface area contributed by atoms with Gasteiger partial charge < -0.3 is 11.1 Å². The van der Waals surface area contributed by atoms with Crippen LogP contribution in [0.5, 0.6) is 0 Å². The lowest BCUT2D eigenvalue weighted by atomic mass is 10.1. The Morgan fingerprint density at radius 1 is 1.50 bits per heavy atom. The summed E-state index contributed by atoms with van der Waals surface area (Å²) in [6.07, 6.45) is 1.70. The zero-order valence-corrected chi connectivity index (χ0v) is 9.36. The van der Waals surface area contributed by atoms with Gasteiger partial charge >= 0.3 is 0 Å². The molecule has 1 aromatic carbocycles. The van der Waals surface area contributed by atoms with E-state index in [0.717, 1.165) is 16.9 Å². The van der Waals surface area contributed by atoms with Crippen molar-refractivity contribution in [1.29, 1.82) is 0 Å². The molecule has 1 rings (SSSR count). The summed E-state index contributed by atoms with van der Waals surface area (Å²) in [6, 6.07) is 5.76. The summed E-state index contributed by atoms with van der Waals surface area (Å²) in [6.45, 7) is 2.69. The second-order valence-corrected chi connectivity index (χ2v) is 4.78. The molecule has 1 aromatic rings. The van der Waals surface area contributed by atoms with E-state index in [2.05, 4.69) is 5.32 Å². The summed E-state index contributed by atoms with van der Waals surface area (Å²) in [5.41, 5.74) is 8.61. The number of rotatable bonds is 4. The Kier molecular flexibility index (Phi) is 3.95. The van der Waals surface area contributed by atoms with Gasteiger partial charge in [-0.1, -0.05) is 6.07 Å². The highest BCUT2D eigenvalue weighted by Gasteiger charge is 2.00. The third-order valence-electron chi connectivity index (χ3n) is 2.08. The molecule has 1 atom stereocenters. The summed E-state index contributed by atoms with van der Waals surface area (Å²) in [7, 11) is -0.745. The third-order valence-corrected chi connectivity index (χ3v) is 2.86. The van der Waals surface area contributed by atoms with Gasteiger partial charge in [0.15, 0.2) is 0 Å². The Morgan fingerprint density at radius 2 is 2.21 bits per heavy atom. The van der Waals surface area contributed by atoms with Crippen molar-refractivity contribution in [3.05, 3.63) is 23.8 Å². The Balaban J connectivity index is 2.59. The molecule has 1 unspecified atom stereocenters. The van der Waals surface area contributed by atoms with E-state index in [0.29, 0.717) is 12.3 Å². The molecule has 0 aliphatic carbocycles. The first-order valence-electron chi connectivity index (χ1n) is 4.50. The van der Waals surface area contributed by atoms with Gasteiger partial charge in [-0.25, -0.2) is 0 Å². The first-order chi connectivity index (χ1) is 6.61. The van der Waals surface area contributed by atoms with Gasteiger partial charge in [0, 0.05) is 40.7 Å². The van der Waals surface area contributed by atoms with Gasteiger partial charge in [0.25, 0.3) is 0 Å². The molecule has 0 spiro atoms. The minimum Gasteiger partial charge on any atom is -0.398 e. The zero-order chi connectivity index (χ0) is 10.6. The number of nitrogens with two attached hydrogens (primary N) is 1. The fourth-order valence-electron chi connectivity index (χ4n) is 1.17. The zero-order valence-electron chi connectivity index (χ0n) is 8.54. The van der Waals surface area contributed by atoms with E-state index < -0.39 is 10.8 Å². The molecular formula is C10H16N2OS. The third kappa shape index (κ3) is 3.03. The summed E-state index contributed by atoms with van der Waals surface area (Å²) in [5, 5.41) is 3.21. The molecule has 0 bridgehead atoms. The van der Waals surface area contributed by atoms with Crippen LogP contribution < -0.4 is 11.1 Å². The van der Waals surface area contributed by atoms with Crippen molar-refractivity contribution in [3.8, 4) is 0 Å². The highest BCUT2D eigenvalue weighted by molar-refractivity contribution is 7.84. The van der Waals surface area contributed by atoms with Gasteiger partial charge in [0.1, 0.15) is 0 Å². The van der Waals surface area contributed by atoms with Crippen LogP contribution in [-0.2, 0) is 10.8 Å². The molecule has 4 heteroatoms. The van der Waals surface area contributed by atoms with Crippen LogP contribution in [0.25, 0.3) is 0 Å². The van der Waals surface area contributed by atoms with Crippen molar-refractivity contribution >= 4 is 22.2 Å². The van der Waals surface area contributed by atoms with Crippen LogP contribution in [0.2, 0.25) is 0 Å². The molecule has 3 N–H and O–H groups in total. The highest BCUT2D eigenvalue weighted by atomic mass is 32.2. The van der Waals surface area contributed by atoms with Crippen molar-refractivity contribution in [1.82, 2.24) is 0 Å². The van der Waals surface area contributed by atoms with E-state index >= 15 is 0 Å². The quantitative estimate of drug-likeness (QED) is 0.741. The summed E-state index contributed by atoms with van der Waals surface area (Å²) in [5.74, 6) is 0.661. The summed E-state index contributed by atoms with van der Waals surface area (Å²) in [4.78, 5) is 0.